The molecule has 1 amide bonds. The van der Waals surface area contributed by atoms with Crippen molar-refractivity contribution in [3.8, 4) is 5.75 Å². The van der Waals surface area contributed by atoms with Crippen molar-refractivity contribution in [3.05, 3.63) is 58.5 Å². The third-order valence-corrected chi connectivity index (χ3v) is 2.91. The summed E-state index contributed by atoms with van der Waals surface area (Å²) in [4.78, 5) is 26.3. The molecule has 0 aliphatic carbocycles. The molecule has 2 heterocycles. The highest BCUT2D eigenvalue weighted by atomic mass is 16.6. The summed E-state index contributed by atoms with van der Waals surface area (Å²) in [6.07, 6.45) is 3.19. The first-order valence-corrected chi connectivity index (χ1v) is 6.14. The molecule has 3 aromatic rings. The second-order valence-corrected chi connectivity index (χ2v) is 4.36. The number of rotatable bonds is 3. The summed E-state index contributed by atoms with van der Waals surface area (Å²) < 4.78 is 1.42. The first-order chi connectivity index (χ1) is 10.5. The average Bonchev–Trinajstić information content (AvgIpc) is 2.93. The number of non-ortho nitro benzene ring substituents is 1. The quantitative estimate of drug-likeness (QED) is 0.430. The number of anilines is 1. The van der Waals surface area contributed by atoms with Gasteiger partial charge in [-0.15, -0.1) is 0 Å². The van der Waals surface area contributed by atoms with Crippen LogP contribution in [0.3, 0.4) is 0 Å². The molecule has 0 spiro atoms. The maximum Gasteiger partial charge on any atom is 0.276 e. The van der Waals surface area contributed by atoms with E-state index in [1.165, 1.54) is 10.6 Å². The molecular formula is C13H9N5O4. The van der Waals surface area contributed by atoms with Gasteiger partial charge in [-0.3, -0.25) is 14.9 Å². The number of phenols is 1. The summed E-state index contributed by atoms with van der Waals surface area (Å²) in [6.45, 7) is 0. The lowest BCUT2D eigenvalue weighted by atomic mass is 10.2. The van der Waals surface area contributed by atoms with E-state index in [4.69, 9.17) is 0 Å². The minimum absolute atomic E-state index is 0.0655. The van der Waals surface area contributed by atoms with E-state index in [1.807, 2.05) is 0 Å². The predicted octanol–water partition coefficient (Wildman–Crippen LogP) is 1.60. The summed E-state index contributed by atoms with van der Waals surface area (Å²) in [6, 6.07) is 6.47. The van der Waals surface area contributed by atoms with Crippen LogP contribution in [0.2, 0.25) is 0 Å². The van der Waals surface area contributed by atoms with Crippen molar-refractivity contribution in [2.75, 3.05) is 5.32 Å². The van der Waals surface area contributed by atoms with Crippen molar-refractivity contribution in [2.45, 2.75) is 0 Å². The summed E-state index contributed by atoms with van der Waals surface area (Å²) >= 11 is 0. The molecule has 0 aliphatic heterocycles. The minimum Gasteiger partial charge on any atom is -0.506 e. The predicted molar refractivity (Wildman–Crippen MR) is 75.7 cm³/mol. The van der Waals surface area contributed by atoms with Gasteiger partial charge in [0, 0.05) is 30.6 Å². The van der Waals surface area contributed by atoms with Crippen molar-refractivity contribution in [1.82, 2.24) is 14.6 Å². The Morgan fingerprint density at radius 2 is 2.18 bits per heavy atom. The van der Waals surface area contributed by atoms with Crippen LogP contribution in [0, 0.1) is 10.1 Å². The number of nitro benzene ring substituents is 1. The van der Waals surface area contributed by atoms with Crippen LogP contribution in [-0.2, 0) is 0 Å². The molecule has 1 aromatic carbocycles. The Bertz CT molecular complexity index is 856. The summed E-state index contributed by atoms with van der Waals surface area (Å²) in [5.74, 6) is -0.887. The van der Waals surface area contributed by atoms with E-state index in [-0.39, 0.29) is 22.8 Å². The number of nitrogens with one attached hydrogen (secondary N) is 1. The molecule has 3 rings (SSSR count). The zero-order valence-corrected chi connectivity index (χ0v) is 11.0. The third-order valence-electron chi connectivity index (χ3n) is 2.91. The number of hydrogen-bond donors (Lipinski definition) is 2. The molecule has 0 aliphatic rings. The van der Waals surface area contributed by atoms with E-state index in [1.54, 1.807) is 18.5 Å². The van der Waals surface area contributed by atoms with Crippen LogP contribution < -0.4 is 5.32 Å². The molecule has 9 nitrogen and oxygen atoms in total. The first-order valence-electron chi connectivity index (χ1n) is 6.14. The number of phenolic OH excluding ortho intramolecular Hbond substituents is 1. The van der Waals surface area contributed by atoms with Gasteiger partial charge in [-0.05, 0) is 12.1 Å². The third kappa shape index (κ3) is 2.42. The van der Waals surface area contributed by atoms with Crippen LogP contribution in [0.1, 0.15) is 10.5 Å². The number of aromatic hydroxyl groups is 1. The van der Waals surface area contributed by atoms with Crippen LogP contribution >= 0.6 is 0 Å². The Hall–Kier alpha value is -3.49. The molecule has 2 aromatic heterocycles. The van der Waals surface area contributed by atoms with E-state index < -0.39 is 10.8 Å². The van der Waals surface area contributed by atoms with E-state index in [0.717, 1.165) is 18.2 Å². The highest BCUT2D eigenvalue weighted by molar-refractivity contribution is 6.04. The Balaban J connectivity index is 1.90. The number of benzene rings is 1. The van der Waals surface area contributed by atoms with E-state index in [0.29, 0.717) is 5.65 Å². The molecule has 9 heteroatoms. The molecule has 0 saturated carbocycles. The van der Waals surface area contributed by atoms with Crippen molar-refractivity contribution < 1.29 is 14.8 Å². The fourth-order valence-corrected chi connectivity index (χ4v) is 1.87. The van der Waals surface area contributed by atoms with Gasteiger partial charge in [0.15, 0.2) is 11.3 Å². The smallest absolute Gasteiger partial charge is 0.276 e. The molecule has 0 unspecified atom stereocenters. The molecule has 0 atom stereocenters. The first kappa shape index (κ1) is 13.5. The molecule has 110 valence electrons. The number of fused-ring (bicyclic) bond motifs is 1. The number of carbonyl (C=O) groups excluding carboxylic acids is 1. The number of carbonyl (C=O) groups is 1. The van der Waals surface area contributed by atoms with Gasteiger partial charge in [-0.1, -0.05) is 0 Å². The maximum absolute atomic E-state index is 12.1. The maximum atomic E-state index is 12.1. The van der Waals surface area contributed by atoms with Gasteiger partial charge >= 0.3 is 0 Å². The molecular weight excluding hydrogens is 290 g/mol. The fourth-order valence-electron chi connectivity index (χ4n) is 1.87. The lowest BCUT2D eigenvalue weighted by Gasteiger charge is -2.05. The van der Waals surface area contributed by atoms with Crippen molar-refractivity contribution in [1.29, 1.82) is 0 Å². The summed E-state index contributed by atoms with van der Waals surface area (Å²) in [5.41, 5.74) is 0.245. The van der Waals surface area contributed by atoms with Gasteiger partial charge in [-0.25, -0.2) is 9.50 Å². The van der Waals surface area contributed by atoms with Crippen LogP contribution in [-0.4, -0.2) is 30.5 Å². The van der Waals surface area contributed by atoms with Crippen LogP contribution in [0.5, 0.6) is 5.75 Å². The fraction of sp³-hybridized carbons (Fsp3) is 0. The van der Waals surface area contributed by atoms with E-state index in [9.17, 15) is 20.0 Å². The Morgan fingerprint density at radius 1 is 1.36 bits per heavy atom. The lowest BCUT2D eigenvalue weighted by Crippen LogP contribution is -2.13. The zero-order valence-electron chi connectivity index (χ0n) is 11.0. The molecule has 0 bridgehead atoms. The topological polar surface area (TPSA) is 123 Å². The van der Waals surface area contributed by atoms with Gasteiger partial charge in [0.1, 0.15) is 5.75 Å². The monoisotopic (exact) mass is 299 g/mol. The zero-order chi connectivity index (χ0) is 15.7. The highest BCUT2D eigenvalue weighted by Crippen LogP contribution is 2.28. The van der Waals surface area contributed by atoms with Crippen LogP contribution in [0.4, 0.5) is 11.4 Å². The average molecular weight is 299 g/mol. The number of aromatic nitrogens is 3. The van der Waals surface area contributed by atoms with E-state index >= 15 is 0 Å². The van der Waals surface area contributed by atoms with Crippen molar-refractivity contribution in [2.24, 2.45) is 0 Å². The SMILES string of the molecule is O=C(Nc1cc([N+](=O)[O-])ccc1O)c1cc2ncccn2n1. The summed E-state index contributed by atoms with van der Waals surface area (Å²) in [5, 5.41) is 26.8. The van der Waals surface area contributed by atoms with Gasteiger partial charge < -0.3 is 10.4 Å². The van der Waals surface area contributed by atoms with Crippen LogP contribution in [0.25, 0.3) is 5.65 Å². The van der Waals surface area contributed by atoms with Crippen molar-refractivity contribution in [3.63, 3.8) is 0 Å². The molecule has 0 fully saturated rings. The number of nitro groups is 1. The molecule has 2 N–H and O–H groups in total. The van der Waals surface area contributed by atoms with Crippen LogP contribution in [0.15, 0.2) is 42.7 Å². The lowest BCUT2D eigenvalue weighted by molar-refractivity contribution is -0.384. The standard InChI is InChI=1S/C13H9N5O4/c19-11-3-2-8(18(21)22)6-9(11)15-13(20)10-7-12-14-4-1-5-17(12)16-10/h1-7,19H,(H,15,20). The molecule has 22 heavy (non-hydrogen) atoms. The molecule has 0 radical (unpaired) electrons. The summed E-state index contributed by atoms with van der Waals surface area (Å²) in [7, 11) is 0. The second-order valence-electron chi connectivity index (χ2n) is 4.36. The van der Waals surface area contributed by atoms with E-state index in [2.05, 4.69) is 15.4 Å². The Labute approximate surface area is 123 Å². The Morgan fingerprint density at radius 3 is 2.91 bits per heavy atom. The largest absolute Gasteiger partial charge is 0.506 e. The van der Waals surface area contributed by atoms with Gasteiger partial charge in [0.05, 0.1) is 10.6 Å². The number of nitrogens with zero attached hydrogens (tertiary/aromatic N) is 4. The number of amides is 1. The van der Waals surface area contributed by atoms with Gasteiger partial charge in [0.25, 0.3) is 11.6 Å². The number of hydrogen-bond acceptors (Lipinski definition) is 6. The molecule has 0 saturated heterocycles. The van der Waals surface area contributed by atoms with Gasteiger partial charge in [-0.2, -0.15) is 5.10 Å². The Kier molecular flexibility index (Phi) is 3.14. The normalized spacial score (nSPS) is 10.5. The van der Waals surface area contributed by atoms with Gasteiger partial charge in [0.2, 0.25) is 0 Å². The highest BCUT2D eigenvalue weighted by Gasteiger charge is 2.16. The minimum atomic E-state index is -0.621. The van der Waals surface area contributed by atoms with Crippen molar-refractivity contribution >= 4 is 22.9 Å². The second kappa shape index (κ2) is 5.13.